The van der Waals surface area contributed by atoms with Gasteiger partial charge in [0.05, 0.1) is 7.11 Å². The fourth-order valence-electron chi connectivity index (χ4n) is 5.74. The Morgan fingerprint density at radius 3 is 2.69 bits per heavy atom. The first-order valence-electron chi connectivity index (χ1n) is 10.8. The summed E-state index contributed by atoms with van der Waals surface area (Å²) in [7, 11) is 5.79. The maximum absolute atomic E-state index is 13.3. The van der Waals surface area contributed by atoms with Crippen molar-refractivity contribution in [3.05, 3.63) is 29.3 Å². The molecule has 0 N–H and O–H groups in total. The molecule has 0 saturated carbocycles. The minimum Gasteiger partial charge on any atom is -0.496 e. The molecule has 2 bridgehead atoms. The number of rotatable bonds is 4. The van der Waals surface area contributed by atoms with Gasteiger partial charge in [0, 0.05) is 43.7 Å². The molecule has 3 saturated heterocycles. The first-order chi connectivity index (χ1) is 13.9. The third-order valence-corrected chi connectivity index (χ3v) is 6.98. The Morgan fingerprint density at radius 2 is 2.00 bits per heavy atom. The van der Waals surface area contributed by atoms with E-state index in [2.05, 4.69) is 23.9 Å². The Labute approximate surface area is 173 Å². The van der Waals surface area contributed by atoms with Gasteiger partial charge in [0.15, 0.2) is 0 Å². The Morgan fingerprint density at radius 1 is 1.24 bits per heavy atom. The first kappa shape index (κ1) is 20.2. The van der Waals surface area contributed by atoms with E-state index in [0.717, 1.165) is 55.8 Å². The molecule has 4 rings (SSSR count). The van der Waals surface area contributed by atoms with E-state index in [1.807, 2.05) is 30.0 Å². The van der Waals surface area contributed by atoms with Crippen molar-refractivity contribution in [1.29, 1.82) is 0 Å². The standard InChI is InChI=1S/C23H33N3O3/c1-15-10-16(8-9-21(15)29-4)23(28)25-12-17-11-18(13-25)20(14-24(2)3)26-19(17)6-5-7-22(26)27/h8-10,17-20H,5-7,11-14H2,1-4H3/t17-,18+,19+,20+/m1/s1. The van der Waals surface area contributed by atoms with Crippen LogP contribution in [0.2, 0.25) is 0 Å². The number of ether oxygens (including phenoxy) is 1. The summed E-state index contributed by atoms with van der Waals surface area (Å²) >= 11 is 0. The fraction of sp³-hybridized carbons (Fsp3) is 0.652. The monoisotopic (exact) mass is 399 g/mol. The van der Waals surface area contributed by atoms with Crippen molar-refractivity contribution in [3.63, 3.8) is 0 Å². The normalized spacial score (nSPS) is 29.1. The van der Waals surface area contributed by atoms with Crippen LogP contribution in [0, 0.1) is 18.8 Å². The molecule has 1 aromatic carbocycles. The molecule has 3 heterocycles. The zero-order valence-electron chi connectivity index (χ0n) is 18.1. The van der Waals surface area contributed by atoms with Crippen LogP contribution in [0.3, 0.4) is 0 Å². The number of benzene rings is 1. The van der Waals surface area contributed by atoms with Gasteiger partial charge in [0.25, 0.3) is 5.91 Å². The molecule has 0 aromatic heterocycles. The highest BCUT2D eigenvalue weighted by molar-refractivity contribution is 5.94. The van der Waals surface area contributed by atoms with Gasteiger partial charge in [-0.05, 0) is 75.9 Å². The van der Waals surface area contributed by atoms with E-state index >= 15 is 0 Å². The number of fused-ring (bicyclic) bond motifs is 4. The molecule has 0 spiro atoms. The van der Waals surface area contributed by atoms with Crippen molar-refractivity contribution in [1.82, 2.24) is 14.7 Å². The van der Waals surface area contributed by atoms with Gasteiger partial charge in [-0.1, -0.05) is 0 Å². The Hall–Kier alpha value is -2.08. The van der Waals surface area contributed by atoms with Crippen molar-refractivity contribution in [2.24, 2.45) is 11.8 Å². The molecule has 3 aliphatic rings. The molecule has 0 aliphatic carbocycles. The van der Waals surface area contributed by atoms with Gasteiger partial charge in [-0.2, -0.15) is 0 Å². The predicted octanol–water partition coefficient (Wildman–Crippen LogP) is 2.41. The number of hydrogen-bond acceptors (Lipinski definition) is 4. The zero-order valence-corrected chi connectivity index (χ0v) is 18.1. The number of likely N-dealkylation sites (tertiary alicyclic amines) is 1. The van der Waals surface area contributed by atoms with Crippen LogP contribution < -0.4 is 4.74 Å². The molecule has 3 aliphatic heterocycles. The van der Waals surface area contributed by atoms with E-state index in [4.69, 9.17) is 4.74 Å². The Bertz CT molecular complexity index is 794. The number of likely N-dealkylation sites (N-methyl/N-ethyl adjacent to an activating group) is 1. The molecular weight excluding hydrogens is 366 g/mol. The minimum absolute atomic E-state index is 0.102. The van der Waals surface area contributed by atoms with Crippen molar-refractivity contribution < 1.29 is 14.3 Å². The Kier molecular flexibility index (Phi) is 5.56. The number of carbonyl (C=O) groups excluding carboxylic acids is 2. The number of aryl methyl sites for hydroxylation is 1. The molecule has 4 atom stereocenters. The van der Waals surface area contributed by atoms with E-state index in [-0.39, 0.29) is 18.0 Å². The summed E-state index contributed by atoms with van der Waals surface area (Å²) in [5.74, 6) is 1.95. The number of hydrogen-bond donors (Lipinski definition) is 0. The van der Waals surface area contributed by atoms with Crippen molar-refractivity contribution in [3.8, 4) is 5.75 Å². The number of methoxy groups -OCH3 is 1. The van der Waals surface area contributed by atoms with Gasteiger partial charge in [-0.15, -0.1) is 0 Å². The van der Waals surface area contributed by atoms with Gasteiger partial charge < -0.3 is 19.4 Å². The number of amides is 2. The van der Waals surface area contributed by atoms with Gasteiger partial charge in [-0.25, -0.2) is 0 Å². The highest BCUT2D eigenvalue weighted by Crippen LogP contribution is 2.42. The lowest BCUT2D eigenvalue weighted by Crippen LogP contribution is -2.67. The Balaban J connectivity index is 1.59. The predicted molar refractivity (Wildman–Crippen MR) is 112 cm³/mol. The van der Waals surface area contributed by atoms with Gasteiger partial charge in [-0.3, -0.25) is 9.59 Å². The summed E-state index contributed by atoms with van der Waals surface area (Å²) in [5.41, 5.74) is 1.70. The second-order valence-electron chi connectivity index (χ2n) is 9.24. The van der Waals surface area contributed by atoms with Crippen LogP contribution in [0.1, 0.15) is 41.6 Å². The number of carbonyl (C=O) groups is 2. The van der Waals surface area contributed by atoms with Crippen LogP contribution >= 0.6 is 0 Å². The van der Waals surface area contributed by atoms with Crippen LogP contribution in [0.25, 0.3) is 0 Å². The van der Waals surface area contributed by atoms with Crippen molar-refractivity contribution >= 4 is 11.8 Å². The molecule has 3 fully saturated rings. The quantitative estimate of drug-likeness (QED) is 0.780. The topological polar surface area (TPSA) is 53.1 Å². The second kappa shape index (κ2) is 7.98. The lowest BCUT2D eigenvalue weighted by atomic mass is 9.72. The summed E-state index contributed by atoms with van der Waals surface area (Å²) in [6, 6.07) is 6.16. The smallest absolute Gasteiger partial charge is 0.253 e. The molecule has 2 amide bonds. The van der Waals surface area contributed by atoms with E-state index in [0.29, 0.717) is 24.2 Å². The minimum atomic E-state index is 0.102. The fourth-order valence-corrected chi connectivity index (χ4v) is 5.74. The molecule has 6 nitrogen and oxygen atoms in total. The summed E-state index contributed by atoms with van der Waals surface area (Å²) in [4.78, 5) is 32.6. The first-order valence-corrected chi connectivity index (χ1v) is 10.8. The molecule has 6 heteroatoms. The SMILES string of the molecule is COc1ccc(C(=O)N2C[C@H]3C[C@@H](C2)[C@H](CN(C)C)N2C(=O)CCC[C@@H]32)cc1C. The molecular formula is C23H33N3O3. The van der Waals surface area contributed by atoms with Gasteiger partial charge in [0.1, 0.15) is 5.75 Å². The van der Waals surface area contributed by atoms with E-state index in [1.165, 1.54) is 0 Å². The number of nitrogens with zero attached hydrogens (tertiary/aromatic N) is 3. The van der Waals surface area contributed by atoms with Gasteiger partial charge >= 0.3 is 0 Å². The average molecular weight is 400 g/mol. The summed E-state index contributed by atoms with van der Waals surface area (Å²) in [6.07, 6.45) is 3.84. The zero-order chi connectivity index (χ0) is 20.7. The molecule has 0 radical (unpaired) electrons. The average Bonchev–Trinajstić information content (AvgIpc) is 2.70. The second-order valence-corrected chi connectivity index (χ2v) is 9.24. The third kappa shape index (κ3) is 3.75. The largest absolute Gasteiger partial charge is 0.496 e. The summed E-state index contributed by atoms with van der Waals surface area (Å²) < 4.78 is 5.34. The molecule has 29 heavy (non-hydrogen) atoms. The lowest BCUT2D eigenvalue weighted by molar-refractivity contribution is -0.152. The third-order valence-electron chi connectivity index (χ3n) is 6.98. The van der Waals surface area contributed by atoms with Crippen LogP contribution in [0.4, 0.5) is 0 Å². The summed E-state index contributed by atoms with van der Waals surface area (Å²) in [5, 5.41) is 0. The van der Waals surface area contributed by atoms with Crippen LogP contribution in [0.5, 0.6) is 5.75 Å². The molecule has 1 aromatic rings. The maximum Gasteiger partial charge on any atom is 0.253 e. The summed E-state index contributed by atoms with van der Waals surface area (Å²) in [6.45, 7) is 4.32. The highest BCUT2D eigenvalue weighted by atomic mass is 16.5. The van der Waals surface area contributed by atoms with Crippen LogP contribution in [-0.4, -0.2) is 79.4 Å². The van der Waals surface area contributed by atoms with E-state index < -0.39 is 0 Å². The molecule has 0 unspecified atom stereocenters. The highest BCUT2D eigenvalue weighted by Gasteiger charge is 2.50. The van der Waals surface area contributed by atoms with Crippen molar-refractivity contribution in [2.75, 3.05) is 40.8 Å². The molecule has 158 valence electrons. The van der Waals surface area contributed by atoms with Crippen molar-refractivity contribution in [2.45, 2.75) is 44.7 Å². The van der Waals surface area contributed by atoms with Crippen LogP contribution in [0.15, 0.2) is 18.2 Å². The lowest BCUT2D eigenvalue weighted by Gasteiger charge is -2.57. The number of piperidine rings is 3. The van der Waals surface area contributed by atoms with E-state index in [1.54, 1.807) is 7.11 Å². The van der Waals surface area contributed by atoms with Crippen LogP contribution in [-0.2, 0) is 4.79 Å². The van der Waals surface area contributed by atoms with E-state index in [9.17, 15) is 9.59 Å². The van der Waals surface area contributed by atoms with Gasteiger partial charge in [0.2, 0.25) is 5.91 Å². The maximum atomic E-state index is 13.3.